The molecule has 3 aromatic rings. The molecule has 4 amide bonds. The number of sulfone groups is 1. The van der Waals surface area contributed by atoms with Gasteiger partial charge in [0, 0.05) is 49.0 Å². The molecule has 3 fully saturated rings. The van der Waals surface area contributed by atoms with Gasteiger partial charge in [-0.2, -0.15) is 0 Å². The Hall–Kier alpha value is -5.19. The van der Waals surface area contributed by atoms with E-state index in [0.717, 1.165) is 79.8 Å². The molecule has 1 N–H and O–H groups in total. The molecule has 0 radical (unpaired) electrons. The third kappa shape index (κ3) is 8.46. The molecule has 13 heteroatoms. The fourth-order valence-corrected chi connectivity index (χ4v) is 9.31. The second kappa shape index (κ2) is 16.5. The van der Waals surface area contributed by atoms with E-state index < -0.39 is 33.4 Å². The predicted molar refractivity (Wildman–Crippen MR) is 212 cm³/mol. The molecule has 4 aliphatic rings. The molecule has 1 unspecified atom stereocenters. The average molecular weight is 781 g/mol. The first kappa shape index (κ1) is 39.1. The highest BCUT2D eigenvalue weighted by Gasteiger charge is 2.42. The topological polar surface area (TPSA) is 143 Å². The van der Waals surface area contributed by atoms with Crippen molar-refractivity contribution in [2.24, 2.45) is 5.92 Å². The van der Waals surface area contributed by atoms with Gasteiger partial charge in [-0.25, -0.2) is 8.42 Å². The third-order valence-corrected chi connectivity index (χ3v) is 12.3. The zero-order valence-electron chi connectivity index (χ0n) is 32.1. The smallest absolute Gasteiger partial charge is 0.262 e. The lowest BCUT2D eigenvalue weighted by molar-refractivity contribution is -0.134. The minimum atomic E-state index is -3.60. The van der Waals surface area contributed by atoms with Crippen LogP contribution >= 0.6 is 0 Å². The number of nitrogens with zero attached hydrogens (tertiary/aromatic N) is 3. The van der Waals surface area contributed by atoms with Crippen LogP contribution in [0, 0.1) is 17.8 Å². The lowest BCUT2D eigenvalue weighted by atomic mass is 9.90. The van der Waals surface area contributed by atoms with Gasteiger partial charge in [0.05, 0.1) is 42.6 Å². The van der Waals surface area contributed by atoms with E-state index in [0.29, 0.717) is 48.5 Å². The molecule has 0 bridgehead atoms. The molecule has 4 heterocycles. The highest BCUT2D eigenvalue weighted by molar-refractivity contribution is 7.90. The monoisotopic (exact) mass is 780 g/mol. The number of benzene rings is 3. The number of anilines is 1. The zero-order valence-corrected chi connectivity index (χ0v) is 32.9. The van der Waals surface area contributed by atoms with Crippen molar-refractivity contribution in [2.45, 2.75) is 63.5 Å². The van der Waals surface area contributed by atoms with E-state index in [2.05, 4.69) is 27.0 Å². The fraction of sp³-hybridized carbons (Fsp3) is 0.442. The molecule has 2 atom stereocenters. The van der Waals surface area contributed by atoms with Crippen LogP contribution in [-0.2, 0) is 19.4 Å². The summed E-state index contributed by atoms with van der Waals surface area (Å²) in [5.74, 6) is 5.78. The summed E-state index contributed by atoms with van der Waals surface area (Å²) in [6.45, 7) is 5.77. The first-order valence-corrected chi connectivity index (χ1v) is 21.4. The van der Waals surface area contributed by atoms with Crippen molar-refractivity contribution in [1.82, 2.24) is 15.1 Å². The predicted octanol–water partition coefficient (Wildman–Crippen LogP) is 4.73. The highest BCUT2D eigenvalue weighted by Crippen LogP contribution is 2.38. The number of methoxy groups -OCH3 is 1. The molecule has 7 rings (SSSR count). The number of ether oxygens (including phenoxy) is 2. The number of likely N-dealkylation sites (tertiary alicyclic amines) is 1. The Bertz CT molecular complexity index is 2180. The molecule has 294 valence electrons. The van der Waals surface area contributed by atoms with Crippen molar-refractivity contribution < 1.29 is 37.1 Å². The Labute approximate surface area is 328 Å². The van der Waals surface area contributed by atoms with Gasteiger partial charge in [0.1, 0.15) is 9.84 Å². The van der Waals surface area contributed by atoms with Gasteiger partial charge in [-0.05, 0) is 106 Å². The van der Waals surface area contributed by atoms with Gasteiger partial charge in [0.15, 0.2) is 11.5 Å². The summed E-state index contributed by atoms with van der Waals surface area (Å²) in [6, 6.07) is 17.5. The van der Waals surface area contributed by atoms with Crippen molar-refractivity contribution in [2.75, 3.05) is 56.8 Å². The van der Waals surface area contributed by atoms with E-state index in [4.69, 9.17) is 9.47 Å². The maximum absolute atomic E-state index is 14.0. The van der Waals surface area contributed by atoms with E-state index in [9.17, 15) is 27.6 Å². The number of nitrogens with one attached hydrogen (secondary N) is 1. The molecule has 0 aliphatic carbocycles. The van der Waals surface area contributed by atoms with E-state index in [-0.39, 0.29) is 28.9 Å². The number of hydrogen-bond acceptors (Lipinski definition) is 10. The van der Waals surface area contributed by atoms with Crippen LogP contribution in [0.4, 0.5) is 5.69 Å². The minimum absolute atomic E-state index is 0.212. The first-order chi connectivity index (χ1) is 26.9. The second-order valence-corrected chi connectivity index (χ2v) is 17.3. The zero-order chi connectivity index (χ0) is 39.6. The normalized spacial score (nSPS) is 20.3. The number of rotatable bonds is 10. The van der Waals surface area contributed by atoms with Gasteiger partial charge in [-0.15, -0.1) is 0 Å². The molecule has 0 spiro atoms. The van der Waals surface area contributed by atoms with Crippen LogP contribution in [0.1, 0.15) is 94.8 Å². The van der Waals surface area contributed by atoms with E-state index >= 15 is 0 Å². The van der Waals surface area contributed by atoms with Gasteiger partial charge in [-0.3, -0.25) is 29.4 Å². The first-order valence-electron chi connectivity index (χ1n) is 19.4. The lowest BCUT2D eigenvalue weighted by Crippen LogP contribution is -2.47. The van der Waals surface area contributed by atoms with E-state index in [1.807, 2.05) is 37.3 Å². The van der Waals surface area contributed by atoms with Gasteiger partial charge in [0.2, 0.25) is 11.8 Å². The maximum Gasteiger partial charge on any atom is 0.262 e. The minimum Gasteiger partial charge on any atom is -0.493 e. The molecular formula is C43H48N4O8S. The highest BCUT2D eigenvalue weighted by atomic mass is 32.2. The van der Waals surface area contributed by atoms with Crippen LogP contribution in [0.5, 0.6) is 11.5 Å². The van der Waals surface area contributed by atoms with Gasteiger partial charge >= 0.3 is 0 Å². The summed E-state index contributed by atoms with van der Waals surface area (Å²) in [5, 5.41) is 2.42. The van der Waals surface area contributed by atoms with Crippen molar-refractivity contribution in [3.8, 4) is 23.3 Å². The molecule has 12 nitrogen and oxygen atoms in total. The van der Waals surface area contributed by atoms with Crippen LogP contribution in [0.25, 0.3) is 0 Å². The van der Waals surface area contributed by atoms with Crippen LogP contribution in [0.3, 0.4) is 0 Å². The van der Waals surface area contributed by atoms with Gasteiger partial charge in [-0.1, -0.05) is 30.0 Å². The molecule has 56 heavy (non-hydrogen) atoms. The number of fused-ring (bicyclic) bond motifs is 1. The largest absolute Gasteiger partial charge is 0.493 e. The molecular weight excluding hydrogens is 733 g/mol. The molecule has 4 aliphatic heterocycles. The third-order valence-electron chi connectivity index (χ3n) is 11.4. The number of imide groups is 2. The van der Waals surface area contributed by atoms with Crippen LogP contribution in [0.2, 0.25) is 0 Å². The van der Waals surface area contributed by atoms with Crippen LogP contribution in [-0.4, -0.2) is 99.8 Å². The summed E-state index contributed by atoms with van der Waals surface area (Å²) in [5.41, 5.74) is 3.70. The Morgan fingerprint density at radius 3 is 2.21 bits per heavy atom. The Kier molecular flexibility index (Phi) is 11.5. The van der Waals surface area contributed by atoms with E-state index in [1.165, 1.54) is 7.11 Å². The van der Waals surface area contributed by atoms with Crippen molar-refractivity contribution >= 4 is 39.2 Å². The fourth-order valence-electron chi connectivity index (χ4n) is 8.40. The number of hydrogen-bond donors (Lipinski definition) is 1. The average Bonchev–Trinajstić information content (AvgIpc) is 3.44. The van der Waals surface area contributed by atoms with Gasteiger partial charge in [0.25, 0.3) is 11.8 Å². The Balaban J connectivity index is 0.949. The molecule has 0 aromatic heterocycles. The maximum atomic E-state index is 14.0. The number of carbonyl (C=O) groups is 4. The summed E-state index contributed by atoms with van der Waals surface area (Å²) in [7, 11) is -2.10. The molecule has 0 saturated carbocycles. The SMILES string of the molecule is CCOc1cc([C@@H](CS(C)(=O)=O)N2C(=O)c3ccc(N4CCC(N5CCC(C#Cc6ccc(C7CCC(=O)NC7=O)cc6)CC5)CC4)cc3C2=O)ccc1OC. The summed E-state index contributed by atoms with van der Waals surface area (Å²) >= 11 is 0. The second-order valence-electron chi connectivity index (χ2n) is 15.1. The van der Waals surface area contributed by atoms with Crippen LogP contribution < -0.4 is 19.7 Å². The van der Waals surface area contributed by atoms with Gasteiger partial charge < -0.3 is 19.3 Å². The standard InChI is InChI=1S/C43H48N4O8S/c1-4-55-39-25-31(11-15-38(39)54-2)37(27-56(3,52)53)47-42(50)35-13-12-33(26-36(35)43(47)51)46-23-19-32(20-24-46)45-21-17-29(18-22-45)6-5-28-7-9-30(10-8-28)34-14-16-40(48)44-41(34)49/h7-13,15,25-26,29,32,34,37H,4,14,16-24,27H2,1-3H3,(H,44,48,49)/t34?,37-/m1/s1. The number of piperidine rings is 3. The van der Waals surface area contributed by atoms with Crippen molar-refractivity contribution in [3.05, 3.63) is 88.5 Å². The van der Waals surface area contributed by atoms with Crippen molar-refractivity contribution in [1.29, 1.82) is 0 Å². The number of carbonyl (C=O) groups excluding carboxylic acids is 4. The van der Waals surface area contributed by atoms with Crippen molar-refractivity contribution in [3.63, 3.8) is 0 Å². The quantitative estimate of drug-likeness (QED) is 0.227. The Morgan fingerprint density at radius 1 is 0.839 bits per heavy atom. The molecule has 3 aromatic carbocycles. The van der Waals surface area contributed by atoms with E-state index in [1.54, 1.807) is 30.3 Å². The summed E-state index contributed by atoms with van der Waals surface area (Å²) < 4.78 is 36.4. The summed E-state index contributed by atoms with van der Waals surface area (Å²) in [6.07, 6.45) is 5.94. The number of amides is 4. The van der Waals surface area contributed by atoms with Crippen LogP contribution in [0.15, 0.2) is 60.7 Å². The summed E-state index contributed by atoms with van der Waals surface area (Å²) in [4.78, 5) is 57.4. The molecule has 3 saturated heterocycles. The lowest BCUT2D eigenvalue weighted by Gasteiger charge is -2.42. The Morgan fingerprint density at radius 2 is 1.55 bits per heavy atom.